The van der Waals surface area contributed by atoms with Crippen molar-refractivity contribution in [3.63, 3.8) is 0 Å². The fraction of sp³-hybridized carbons (Fsp3) is 0.583. The van der Waals surface area contributed by atoms with E-state index in [4.69, 9.17) is 18.9 Å². The molecule has 0 aliphatic heterocycles. The summed E-state index contributed by atoms with van der Waals surface area (Å²) < 4.78 is 21.1. The van der Waals surface area contributed by atoms with Gasteiger partial charge in [-0.25, -0.2) is 9.59 Å². The number of methoxy groups -OCH3 is 1. The first-order chi connectivity index (χ1) is 15.1. The maximum Gasteiger partial charge on any atom is 0.347 e. The topological polar surface area (TPSA) is 83.1 Å². The number of ether oxygens (including phenoxy) is 4. The Kier molecular flexibility index (Phi) is 13.6. The number of esters is 2. The van der Waals surface area contributed by atoms with Crippen molar-refractivity contribution >= 4 is 17.6 Å². The molecule has 0 heterocycles. The minimum atomic E-state index is -0.741. The summed E-state index contributed by atoms with van der Waals surface area (Å²) in [5.41, 5.74) is 0.424. The van der Waals surface area contributed by atoms with Crippen molar-refractivity contribution < 1.29 is 28.5 Å². The third-order valence-corrected chi connectivity index (χ3v) is 4.54. The number of anilines is 1. The van der Waals surface area contributed by atoms with Gasteiger partial charge in [0.1, 0.15) is 0 Å². The van der Waals surface area contributed by atoms with E-state index in [0.29, 0.717) is 23.8 Å². The molecule has 31 heavy (non-hydrogen) atoms. The zero-order valence-electron chi connectivity index (χ0n) is 19.3. The van der Waals surface area contributed by atoms with Gasteiger partial charge in [0.25, 0.3) is 0 Å². The molecule has 0 aromatic heterocycles. The van der Waals surface area contributed by atoms with Crippen LogP contribution in [-0.2, 0) is 19.1 Å². The van der Waals surface area contributed by atoms with E-state index in [9.17, 15) is 9.59 Å². The second-order valence-corrected chi connectivity index (χ2v) is 6.98. The smallest absolute Gasteiger partial charge is 0.347 e. The van der Waals surface area contributed by atoms with Gasteiger partial charge in [-0.1, -0.05) is 45.4 Å². The first-order valence-corrected chi connectivity index (χ1v) is 11.2. The number of unbranched alkanes of at least 4 members (excludes halogenated alkanes) is 6. The summed E-state index contributed by atoms with van der Waals surface area (Å²) in [7, 11) is 1.57. The van der Waals surface area contributed by atoms with E-state index in [-0.39, 0.29) is 18.8 Å². The van der Waals surface area contributed by atoms with Crippen molar-refractivity contribution in [2.24, 2.45) is 0 Å². The predicted octanol–water partition coefficient (Wildman–Crippen LogP) is 5.25. The molecule has 0 atom stereocenters. The standard InChI is InChI=1S/C24H37NO6/c1-5-8-9-10-11-12-13-16-31-21-15-14-19(17-22(21)28-4)25-18-20(23(26)29-6-2)24(27)30-7-3/h14-15,17-18,25H,5-13,16H2,1-4H3. The molecule has 0 aliphatic carbocycles. The molecule has 0 spiro atoms. The lowest BCUT2D eigenvalue weighted by atomic mass is 10.1. The molecule has 7 nitrogen and oxygen atoms in total. The zero-order chi connectivity index (χ0) is 22.9. The van der Waals surface area contributed by atoms with Gasteiger partial charge in [-0.2, -0.15) is 0 Å². The van der Waals surface area contributed by atoms with Crippen LogP contribution in [0, 0.1) is 0 Å². The van der Waals surface area contributed by atoms with Gasteiger partial charge >= 0.3 is 11.9 Å². The number of benzene rings is 1. The quantitative estimate of drug-likeness (QED) is 0.125. The van der Waals surface area contributed by atoms with E-state index in [1.54, 1.807) is 39.2 Å². The highest BCUT2D eigenvalue weighted by Gasteiger charge is 2.21. The lowest BCUT2D eigenvalue weighted by Gasteiger charge is -2.13. The highest BCUT2D eigenvalue weighted by molar-refractivity contribution is 6.14. The largest absolute Gasteiger partial charge is 0.493 e. The summed E-state index contributed by atoms with van der Waals surface area (Å²) in [4.78, 5) is 24.1. The molecule has 0 bridgehead atoms. The van der Waals surface area contributed by atoms with Crippen LogP contribution in [0.2, 0.25) is 0 Å². The van der Waals surface area contributed by atoms with E-state index in [1.807, 2.05) is 0 Å². The molecule has 1 N–H and O–H groups in total. The number of hydrogen-bond acceptors (Lipinski definition) is 7. The van der Waals surface area contributed by atoms with E-state index in [0.717, 1.165) is 12.8 Å². The summed E-state index contributed by atoms with van der Waals surface area (Å²) in [6.45, 7) is 6.52. The van der Waals surface area contributed by atoms with Crippen LogP contribution in [0.25, 0.3) is 0 Å². The van der Waals surface area contributed by atoms with Crippen LogP contribution in [0.5, 0.6) is 11.5 Å². The van der Waals surface area contributed by atoms with Gasteiger partial charge in [-0.15, -0.1) is 0 Å². The normalized spacial score (nSPS) is 10.2. The first kappa shape index (κ1) is 26.3. The van der Waals surface area contributed by atoms with Gasteiger partial charge in [0, 0.05) is 18.0 Å². The molecule has 0 radical (unpaired) electrons. The van der Waals surface area contributed by atoms with E-state index >= 15 is 0 Å². The molecule has 0 amide bonds. The SMILES string of the molecule is CCCCCCCCCOc1ccc(NC=C(C(=O)OCC)C(=O)OCC)cc1OC. The van der Waals surface area contributed by atoms with Crippen LogP contribution in [0.1, 0.15) is 65.7 Å². The Morgan fingerprint density at radius 2 is 1.48 bits per heavy atom. The van der Waals surface area contributed by atoms with Crippen molar-refractivity contribution in [3.8, 4) is 11.5 Å². The lowest BCUT2D eigenvalue weighted by Crippen LogP contribution is -2.19. The Morgan fingerprint density at radius 1 is 0.871 bits per heavy atom. The molecular formula is C24H37NO6. The van der Waals surface area contributed by atoms with Gasteiger partial charge < -0.3 is 24.3 Å². The van der Waals surface area contributed by atoms with Gasteiger partial charge in [-0.3, -0.25) is 0 Å². The molecule has 0 fully saturated rings. The number of carbonyl (C=O) groups excluding carboxylic acids is 2. The maximum atomic E-state index is 12.0. The highest BCUT2D eigenvalue weighted by atomic mass is 16.6. The summed E-state index contributed by atoms with van der Waals surface area (Å²) >= 11 is 0. The average Bonchev–Trinajstić information content (AvgIpc) is 2.76. The number of carbonyl (C=O) groups is 2. The predicted molar refractivity (Wildman–Crippen MR) is 121 cm³/mol. The van der Waals surface area contributed by atoms with Crippen molar-refractivity contribution in [3.05, 3.63) is 30.0 Å². The van der Waals surface area contributed by atoms with Gasteiger partial charge in [0.15, 0.2) is 17.1 Å². The van der Waals surface area contributed by atoms with E-state index in [1.165, 1.54) is 38.3 Å². The van der Waals surface area contributed by atoms with Crippen molar-refractivity contribution in [1.29, 1.82) is 0 Å². The van der Waals surface area contributed by atoms with Gasteiger partial charge in [-0.05, 0) is 32.4 Å². The van der Waals surface area contributed by atoms with Crippen molar-refractivity contribution in [2.75, 3.05) is 32.2 Å². The Balaban J connectivity index is 2.66. The summed E-state index contributed by atoms with van der Waals surface area (Å²) in [5.74, 6) is -0.265. The number of hydrogen-bond donors (Lipinski definition) is 1. The first-order valence-electron chi connectivity index (χ1n) is 11.2. The van der Waals surface area contributed by atoms with E-state index in [2.05, 4.69) is 12.2 Å². The maximum absolute atomic E-state index is 12.0. The summed E-state index contributed by atoms with van der Waals surface area (Å²) in [5, 5.41) is 2.93. The highest BCUT2D eigenvalue weighted by Crippen LogP contribution is 2.30. The zero-order valence-corrected chi connectivity index (χ0v) is 19.3. The minimum Gasteiger partial charge on any atom is -0.493 e. The van der Waals surface area contributed by atoms with Crippen LogP contribution >= 0.6 is 0 Å². The van der Waals surface area contributed by atoms with Crippen molar-refractivity contribution in [2.45, 2.75) is 65.7 Å². The molecule has 1 aromatic carbocycles. The summed E-state index contributed by atoms with van der Waals surface area (Å²) in [6, 6.07) is 5.32. The fourth-order valence-electron chi connectivity index (χ4n) is 2.89. The summed E-state index contributed by atoms with van der Waals surface area (Å²) in [6.07, 6.45) is 9.83. The second-order valence-electron chi connectivity index (χ2n) is 6.98. The average molecular weight is 436 g/mol. The molecule has 0 aliphatic rings. The van der Waals surface area contributed by atoms with Crippen LogP contribution in [-0.4, -0.2) is 38.9 Å². The third-order valence-electron chi connectivity index (χ3n) is 4.54. The fourth-order valence-corrected chi connectivity index (χ4v) is 2.89. The lowest BCUT2D eigenvalue weighted by molar-refractivity contribution is -0.146. The molecule has 1 aromatic rings. The Hall–Kier alpha value is -2.70. The number of rotatable bonds is 16. The molecule has 1 rings (SSSR count). The van der Waals surface area contributed by atoms with Crippen molar-refractivity contribution in [1.82, 2.24) is 0 Å². The second kappa shape index (κ2) is 16.1. The van der Waals surface area contributed by atoms with Crippen LogP contribution in [0.15, 0.2) is 30.0 Å². The van der Waals surface area contributed by atoms with Crippen LogP contribution in [0.4, 0.5) is 5.69 Å². The molecule has 0 unspecified atom stereocenters. The Labute approximate surface area is 186 Å². The van der Waals surface area contributed by atoms with Gasteiger partial charge in [0.05, 0.1) is 26.9 Å². The minimum absolute atomic E-state index is 0.161. The van der Waals surface area contributed by atoms with Crippen LogP contribution in [0.3, 0.4) is 0 Å². The molecule has 0 saturated heterocycles. The monoisotopic (exact) mass is 435 g/mol. The molecule has 7 heteroatoms. The third kappa shape index (κ3) is 10.2. The van der Waals surface area contributed by atoms with Gasteiger partial charge in [0.2, 0.25) is 0 Å². The molecule has 0 saturated carbocycles. The van der Waals surface area contributed by atoms with Crippen LogP contribution < -0.4 is 14.8 Å². The Morgan fingerprint density at radius 3 is 2.06 bits per heavy atom. The van der Waals surface area contributed by atoms with E-state index < -0.39 is 11.9 Å². The molecular weight excluding hydrogens is 398 g/mol. The molecule has 174 valence electrons. The number of nitrogens with one attached hydrogen (secondary N) is 1. The Bertz CT molecular complexity index is 681.